The van der Waals surface area contributed by atoms with Gasteiger partial charge in [-0.2, -0.15) is 0 Å². The Morgan fingerprint density at radius 3 is 2.21 bits per heavy atom. The van der Waals surface area contributed by atoms with E-state index in [0.717, 1.165) is 5.56 Å². The standard InChI is InChI=1S/C19H20F2N2O/c1-14(15-6-8-16(20)9-7-15)22-10-12-23(13-11-22)19(24)17-4-2-3-5-18(17)21/h2-9,14H,10-13H2,1H3/t14-/m1/s1. The Morgan fingerprint density at radius 1 is 0.958 bits per heavy atom. The Kier molecular flexibility index (Phi) is 4.90. The molecule has 0 aromatic heterocycles. The van der Waals surface area contributed by atoms with Crippen molar-refractivity contribution in [3.63, 3.8) is 0 Å². The molecule has 1 amide bonds. The molecule has 0 unspecified atom stereocenters. The van der Waals surface area contributed by atoms with Crippen molar-refractivity contribution < 1.29 is 13.6 Å². The summed E-state index contributed by atoms with van der Waals surface area (Å²) in [5.74, 6) is -0.988. The molecule has 1 atom stereocenters. The summed E-state index contributed by atoms with van der Waals surface area (Å²) in [6, 6.07) is 12.7. The van der Waals surface area contributed by atoms with Gasteiger partial charge in [0.1, 0.15) is 11.6 Å². The third-order valence-corrected chi connectivity index (χ3v) is 4.61. The molecule has 0 radical (unpaired) electrons. The Labute approximate surface area is 140 Å². The number of halogens is 2. The van der Waals surface area contributed by atoms with E-state index in [-0.39, 0.29) is 23.3 Å². The highest BCUT2D eigenvalue weighted by Gasteiger charge is 2.26. The van der Waals surface area contributed by atoms with Crippen LogP contribution in [0, 0.1) is 11.6 Å². The van der Waals surface area contributed by atoms with E-state index in [9.17, 15) is 13.6 Å². The summed E-state index contributed by atoms with van der Waals surface area (Å²) >= 11 is 0. The fourth-order valence-electron chi connectivity index (χ4n) is 3.07. The quantitative estimate of drug-likeness (QED) is 0.860. The molecule has 2 aromatic rings. The SMILES string of the molecule is C[C@H](c1ccc(F)cc1)N1CCN(C(=O)c2ccccc2F)CC1. The van der Waals surface area contributed by atoms with Crippen LogP contribution in [0.25, 0.3) is 0 Å². The van der Waals surface area contributed by atoms with E-state index in [0.29, 0.717) is 26.2 Å². The highest BCUT2D eigenvalue weighted by Crippen LogP contribution is 2.22. The maximum Gasteiger partial charge on any atom is 0.256 e. The summed E-state index contributed by atoms with van der Waals surface area (Å²) in [4.78, 5) is 16.4. The highest BCUT2D eigenvalue weighted by molar-refractivity contribution is 5.94. The summed E-state index contributed by atoms with van der Waals surface area (Å²) in [6.07, 6.45) is 0. The van der Waals surface area contributed by atoms with E-state index in [4.69, 9.17) is 0 Å². The fourth-order valence-corrected chi connectivity index (χ4v) is 3.07. The zero-order valence-corrected chi connectivity index (χ0v) is 13.6. The molecule has 0 aliphatic carbocycles. The minimum atomic E-state index is -0.482. The fraction of sp³-hybridized carbons (Fsp3) is 0.316. The molecular weight excluding hydrogens is 310 g/mol. The van der Waals surface area contributed by atoms with Crippen molar-refractivity contribution in [3.05, 3.63) is 71.3 Å². The Balaban J connectivity index is 1.62. The number of carbonyl (C=O) groups excluding carboxylic acids is 1. The molecule has 3 rings (SSSR count). The lowest BCUT2D eigenvalue weighted by atomic mass is 10.1. The highest BCUT2D eigenvalue weighted by atomic mass is 19.1. The monoisotopic (exact) mass is 330 g/mol. The molecule has 24 heavy (non-hydrogen) atoms. The van der Waals surface area contributed by atoms with Gasteiger partial charge in [0.15, 0.2) is 0 Å². The number of piperazine rings is 1. The molecule has 0 saturated carbocycles. The smallest absolute Gasteiger partial charge is 0.256 e. The molecule has 0 N–H and O–H groups in total. The van der Waals surface area contributed by atoms with Crippen molar-refractivity contribution in [1.82, 2.24) is 9.80 Å². The molecule has 1 aliphatic heterocycles. The second kappa shape index (κ2) is 7.09. The average molecular weight is 330 g/mol. The zero-order valence-electron chi connectivity index (χ0n) is 13.6. The summed E-state index contributed by atoms with van der Waals surface area (Å²) in [6.45, 7) is 4.59. The minimum Gasteiger partial charge on any atom is -0.336 e. The van der Waals surface area contributed by atoms with Crippen molar-refractivity contribution in [2.24, 2.45) is 0 Å². The van der Waals surface area contributed by atoms with Crippen LogP contribution in [0.3, 0.4) is 0 Å². The van der Waals surface area contributed by atoms with Gasteiger partial charge in [0, 0.05) is 32.2 Å². The van der Waals surface area contributed by atoms with Gasteiger partial charge in [-0.05, 0) is 36.8 Å². The number of carbonyl (C=O) groups is 1. The lowest BCUT2D eigenvalue weighted by Crippen LogP contribution is -2.49. The number of benzene rings is 2. The van der Waals surface area contributed by atoms with E-state index in [2.05, 4.69) is 11.8 Å². The zero-order chi connectivity index (χ0) is 17.1. The van der Waals surface area contributed by atoms with Crippen LogP contribution in [-0.2, 0) is 0 Å². The number of rotatable bonds is 3. The number of hydrogen-bond donors (Lipinski definition) is 0. The molecule has 1 saturated heterocycles. The molecule has 126 valence electrons. The number of nitrogens with zero attached hydrogens (tertiary/aromatic N) is 2. The van der Waals surface area contributed by atoms with Crippen LogP contribution >= 0.6 is 0 Å². The van der Waals surface area contributed by atoms with Crippen LogP contribution < -0.4 is 0 Å². The predicted molar refractivity (Wildman–Crippen MR) is 88.7 cm³/mol. The molecule has 1 heterocycles. The van der Waals surface area contributed by atoms with Crippen LogP contribution in [0.5, 0.6) is 0 Å². The van der Waals surface area contributed by atoms with Gasteiger partial charge >= 0.3 is 0 Å². The van der Waals surface area contributed by atoms with Crippen LogP contribution in [0.1, 0.15) is 28.9 Å². The molecule has 0 spiro atoms. The first-order valence-corrected chi connectivity index (χ1v) is 8.09. The maximum absolute atomic E-state index is 13.8. The number of amides is 1. The minimum absolute atomic E-state index is 0.123. The van der Waals surface area contributed by atoms with E-state index in [1.165, 1.54) is 24.3 Å². The van der Waals surface area contributed by atoms with Crippen molar-refractivity contribution in [2.45, 2.75) is 13.0 Å². The topological polar surface area (TPSA) is 23.6 Å². The third kappa shape index (κ3) is 3.46. The van der Waals surface area contributed by atoms with E-state index >= 15 is 0 Å². The first-order chi connectivity index (χ1) is 11.6. The molecular formula is C19H20F2N2O. The Hall–Kier alpha value is -2.27. The normalized spacial score (nSPS) is 16.9. The van der Waals surface area contributed by atoms with Gasteiger partial charge in [-0.25, -0.2) is 8.78 Å². The molecule has 1 fully saturated rings. The van der Waals surface area contributed by atoms with Gasteiger partial charge in [-0.15, -0.1) is 0 Å². The van der Waals surface area contributed by atoms with E-state index < -0.39 is 5.82 Å². The lowest BCUT2D eigenvalue weighted by Gasteiger charge is -2.38. The van der Waals surface area contributed by atoms with Crippen molar-refractivity contribution in [1.29, 1.82) is 0 Å². The maximum atomic E-state index is 13.8. The summed E-state index contributed by atoms with van der Waals surface area (Å²) in [5, 5.41) is 0. The summed E-state index contributed by atoms with van der Waals surface area (Å²) < 4.78 is 26.8. The van der Waals surface area contributed by atoms with Gasteiger partial charge in [-0.1, -0.05) is 24.3 Å². The van der Waals surface area contributed by atoms with E-state index in [1.54, 1.807) is 29.2 Å². The first-order valence-electron chi connectivity index (χ1n) is 8.09. The average Bonchev–Trinajstić information content (AvgIpc) is 2.62. The van der Waals surface area contributed by atoms with Crippen LogP contribution in [0.15, 0.2) is 48.5 Å². The van der Waals surface area contributed by atoms with Crippen LogP contribution in [-0.4, -0.2) is 41.9 Å². The lowest BCUT2D eigenvalue weighted by molar-refractivity contribution is 0.0577. The summed E-state index contributed by atoms with van der Waals surface area (Å²) in [7, 11) is 0. The second-order valence-corrected chi connectivity index (χ2v) is 6.04. The van der Waals surface area contributed by atoms with Gasteiger partial charge in [0.25, 0.3) is 5.91 Å². The molecule has 2 aromatic carbocycles. The molecule has 1 aliphatic rings. The van der Waals surface area contributed by atoms with Gasteiger partial charge in [0.2, 0.25) is 0 Å². The van der Waals surface area contributed by atoms with Gasteiger partial charge in [0.05, 0.1) is 5.56 Å². The third-order valence-electron chi connectivity index (χ3n) is 4.61. The van der Waals surface area contributed by atoms with E-state index in [1.807, 2.05) is 0 Å². The summed E-state index contributed by atoms with van der Waals surface area (Å²) in [5.41, 5.74) is 1.17. The van der Waals surface area contributed by atoms with Crippen LogP contribution in [0.2, 0.25) is 0 Å². The molecule has 5 heteroatoms. The molecule has 3 nitrogen and oxygen atoms in total. The Bertz CT molecular complexity index is 710. The van der Waals surface area contributed by atoms with Gasteiger partial charge in [-0.3, -0.25) is 9.69 Å². The van der Waals surface area contributed by atoms with Crippen molar-refractivity contribution in [2.75, 3.05) is 26.2 Å². The number of hydrogen-bond acceptors (Lipinski definition) is 2. The van der Waals surface area contributed by atoms with Crippen molar-refractivity contribution in [3.8, 4) is 0 Å². The molecule has 0 bridgehead atoms. The Morgan fingerprint density at radius 2 is 1.58 bits per heavy atom. The second-order valence-electron chi connectivity index (χ2n) is 6.04. The largest absolute Gasteiger partial charge is 0.336 e. The predicted octanol–water partition coefficient (Wildman–Crippen LogP) is 3.48. The first kappa shape index (κ1) is 16.6. The van der Waals surface area contributed by atoms with Gasteiger partial charge < -0.3 is 4.90 Å². The van der Waals surface area contributed by atoms with Crippen molar-refractivity contribution >= 4 is 5.91 Å². The van der Waals surface area contributed by atoms with Crippen LogP contribution in [0.4, 0.5) is 8.78 Å².